The highest BCUT2D eigenvalue weighted by Crippen LogP contribution is 2.34. The van der Waals surface area contributed by atoms with Gasteiger partial charge in [0, 0.05) is 36.9 Å². The number of carbonyl (C=O) groups is 2. The normalized spacial score (nSPS) is 17.0. The summed E-state index contributed by atoms with van der Waals surface area (Å²) in [5, 5.41) is 0.580. The Bertz CT molecular complexity index is 1150. The van der Waals surface area contributed by atoms with Gasteiger partial charge in [0.25, 0.3) is 11.8 Å². The summed E-state index contributed by atoms with van der Waals surface area (Å²) in [6.07, 6.45) is 1.54. The Morgan fingerprint density at radius 2 is 1.47 bits per heavy atom. The van der Waals surface area contributed by atoms with Gasteiger partial charge in [-0.15, -0.1) is 0 Å². The van der Waals surface area contributed by atoms with Crippen molar-refractivity contribution >= 4 is 34.7 Å². The van der Waals surface area contributed by atoms with Crippen LogP contribution in [0.5, 0.6) is 0 Å². The molecule has 1 fully saturated rings. The average molecular weight is 448 g/mol. The van der Waals surface area contributed by atoms with Crippen LogP contribution in [-0.4, -0.2) is 47.8 Å². The van der Waals surface area contributed by atoms with Crippen LogP contribution in [0, 0.1) is 0 Å². The maximum atomic E-state index is 13.5. The molecule has 1 aromatic heterocycles. The molecular weight excluding hydrogens is 426 g/mol. The van der Waals surface area contributed by atoms with Crippen molar-refractivity contribution in [3.05, 3.63) is 95.0 Å². The summed E-state index contributed by atoms with van der Waals surface area (Å²) in [7, 11) is 0. The minimum absolute atomic E-state index is 0.106. The molecule has 2 aliphatic rings. The van der Waals surface area contributed by atoms with E-state index in [1.54, 1.807) is 36.4 Å². The van der Waals surface area contributed by atoms with Gasteiger partial charge in [0.1, 0.15) is 11.5 Å². The van der Waals surface area contributed by atoms with Gasteiger partial charge in [-0.05, 0) is 42.0 Å². The molecule has 0 bridgehead atoms. The molecule has 3 heterocycles. The van der Waals surface area contributed by atoms with Crippen molar-refractivity contribution in [1.29, 1.82) is 0 Å². The van der Waals surface area contributed by atoms with Crippen molar-refractivity contribution < 1.29 is 14.0 Å². The van der Waals surface area contributed by atoms with E-state index in [0.717, 1.165) is 18.8 Å². The first kappa shape index (κ1) is 20.4. The summed E-state index contributed by atoms with van der Waals surface area (Å²) < 4.78 is 5.39. The number of nitrogens with zero attached hydrogens (tertiary/aromatic N) is 3. The molecule has 2 aliphatic heterocycles. The number of halogens is 1. The maximum Gasteiger partial charge on any atom is 0.278 e. The van der Waals surface area contributed by atoms with Crippen LogP contribution in [0.3, 0.4) is 0 Å². The Kier molecular flexibility index (Phi) is 5.45. The number of amides is 2. The second-order valence-electron chi connectivity index (χ2n) is 7.82. The van der Waals surface area contributed by atoms with E-state index < -0.39 is 0 Å². The van der Waals surface area contributed by atoms with Crippen molar-refractivity contribution in [2.75, 3.05) is 31.1 Å². The highest BCUT2D eigenvalue weighted by atomic mass is 35.5. The van der Waals surface area contributed by atoms with E-state index in [-0.39, 0.29) is 18.4 Å². The molecule has 0 unspecified atom stereocenters. The smallest absolute Gasteiger partial charge is 0.278 e. The van der Waals surface area contributed by atoms with E-state index in [2.05, 4.69) is 17.0 Å². The molecule has 2 amide bonds. The van der Waals surface area contributed by atoms with E-state index in [4.69, 9.17) is 16.0 Å². The first-order valence-electron chi connectivity index (χ1n) is 10.6. The SMILES string of the molecule is O=C1C(c2ccc(Cl)cc2)=C(N2CCN(c3ccccc3)CC2)C(=O)N1Cc1ccco1. The first-order valence-corrected chi connectivity index (χ1v) is 10.9. The van der Waals surface area contributed by atoms with E-state index in [1.807, 2.05) is 23.1 Å². The summed E-state index contributed by atoms with van der Waals surface area (Å²) >= 11 is 6.06. The van der Waals surface area contributed by atoms with Crippen LogP contribution in [0.1, 0.15) is 11.3 Å². The fourth-order valence-electron chi connectivity index (χ4n) is 4.26. The Morgan fingerprint density at radius 3 is 2.12 bits per heavy atom. The number of carbonyl (C=O) groups excluding carboxylic acids is 2. The third kappa shape index (κ3) is 3.78. The van der Waals surface area contributed by atoms with Crippen LogP contribution < -0.4 is 4.90 Å². The number of hydrogen-bond donors (Lipinski definition) is 0. The summed E-state index contributed by atoms with van der Waals surface area (Å²) in [6.45, 7) is 2.93. The quantitative estimate of drug-likeness (QED) is 0.552. The number of para-hydroxylation sites is 1. The molecule has 0 radical (unpaired) electrons. The number of rotatable bonds is 5. The minimum atomic E-state index is -0.311. The van der Waals surface area contributed by atoms with Crippen molar-refractivity contribution in [1.82, 2.24) is 9.80 Å². The van der Waals surface area contributed by atoms with Crippen molar-refractivity contribution in [2.45, 2.75) is 6.54 Å². The zero-order chi connectivity index (χ0) is 22.1. The molecule has 0 aliphatic carbocycles. The molecule has 0 atom stereocenters. The molecule has 1 saturated heterocycles. The van der Waals surface area contributed by atoms with Gasteiger partial charge in [-0.2, -0.15) is 0 Å². The lowest BCUT2D eigenvalue weighted by Gasteiger charge is -2.37. The second-order valence-corrected chi connectivity index (χ2v) is 8.25. The third-order valence-corrected chi connectivity index (χ3v) is 6.14. The van der Waals surface area contributed by atoms with Gasteiger partial charge in [0.15, 0.2) is 0 Å². The molecule has 162 valence electrons. The minimum Gasteiger partial charge on any atom is -0.467 e. The highest BCUT2D eigenvalue weighted by Gasteiger charge is 2.42. The molecule has 0 spiro atoms. The molecule has 2 aromatic carbocycles. The van der Waals surface area contributed by atoms with Gasteiger partial charge >= 0.3 is 0 Å². The van der Waals surface area contributed by atoms with E-state index in [0.29, 0.717) is 40.7 Å². The van der Waals surface area contributed by atoms with Crippen LogP contribution in [0.15, 0.2) is 83.1 Å². The van der Waals surface area contributed by atoms with Crippen LogP contribution >= 0.6 is 11.6 Å². The number of benzene rings is 2. The highest BCUT2D eigenvalue weighted by molar-refractivity contribution is 6.35. The fourth-order valence-corrected chi connectivity index (χ4v) is 4.39. The lowest BCUT2D eigenvalue weighted by Crippen LogP contribution is -2.47. The number of piperazine rings is 1. The summed E-state index contributed by atoms with van der Waals surface area (Å²) in [5.74, 6) is -0.0315. The number of anilines is 1. The molecule has 0 N–H and O–H groups in total. The van der Waals surface area contributed by atoms with E-state index >= 15 is 0 Å². The van der Waals surface area contributed by atoms with E-state index in [1.165, 1.54) is 11.2 Å². The molecular formula is C25H22ClN3O3. The third-order valence-electron chi connectivity index (χ3n) is 5.89. The molecule has 3 aromatic rings. The van der Waals surface area contributed by atoms with Gasteiger partial charge in [-0.25, -0.2) is 0 Å². The second kappa shape index (κ2) is 8.55. The van der Waals surface area contributed by atoms with Crippen LogP contribution in [0.25, 0.3) is 5.57 Å². The zero-order valence-corrected chi connectivity index (χ0v) is 18.2. The Balaban J connectivity index is 1.45. The Labute approximate surface area is 191 Å². The number of furan rings is 1. The summed E-state index contributed by atoms with van der Waals surface area (Å²) in [6, 6.07) is 20.8. The zero-order valence-electron chi connectivity index (χ0n) is 17.4. The fraction of sp³-hybridized carbons (Fsp3) is 0.200. The van der Waals surface area contributed by atoms with Gasteiger partial charge in [-0.1, -0.05) is 41.9 Å². The molecule has 6 nitrogen and oxygen atoms in total. The number of hydrogen-bond acceptors (Lipinski definition) is 5. The van der Waals surface area contributed by atoms with Gasteiger partial charge in [0.05, 0.1) is 18.4 Å². The Morgan fingerprint density at radius 1 is 0.781 bits per heavy atom. The predicted molar refractivity (Wildman–Crippen MR) is 123 cm³/mol. The summed E-state index contributed by atoms with van der Waals surface area (Å²) in [5.41, 5.74) is 2.73. The van der Waals surface area contributed by atoms with Crippen molar-refractivity contribution in [3.8, 4) is 0 Å². The predicted octanol–water partition coefficient (Wildman–Crippen LogP) is 4.04. The molecule has 0 saturated carbocycles. The van der Waals surface area contributed by atoms with Crippen molar-refractivity contribution in [3.63, 3.8) is 0 Å². The largest absolute Gasteiger partial charge is 0.467 e. The molecule has 7 heteroatoms. The lowest BCUT2D eigenvalue weighted by molar-refractivity contribution is -0.138. The van der Waals surface area contributed by atoms with E-state index in [9.17, 15) is 9.59 Å². The monoisotopic (exact) mass is 447 g/mol. The number of imide groups is 1. The van der Waals surface area contributed by atoms with Gasteiger partial charge < -0.3 is 14.2 Å². The van der Waals surface area contributed by atoms with Gasteiger partial charge in [-0.3, -0.25) is 14.5 Å². The van der Waals surface area contributed by atoms with Crippen LogP contribution in [-0.2, 0) is 16.1 Å². The topological polar surface area (TPSA) is 57.0 Å². The van der Waals surface area contributed by atoms with Gasteiger partial charge in [0.2, 0.25) is 0 Å². The Hall–Kier alpha value is -3.51. The average Bonchev–Trinajstić information content (AvgIpc) is 3.43. The lowest BCUT2D eigenvalue weighted by atomic mass is 10.0. The van der Waals surface area contributed by atoms with Crippen molar-refractivity contribution in [2.24, 2.45) is 0 Å². The van der Waals surface area contributed by atoms with Crippen LogP contribution in [0.4, 0.5) is 5.69 Å². The molecule has 5 rings (SSSR count). The summed E-state index contributed by atoms with van der Waals surface area (Å²) in [4.78, 5) is 32.5. The standard InChI is InChI=1S/C25H22ClN3O3/c26-19-10-8-18(9-11-19)22-23(25(31)29(24(22)30)17-21-7-4-16-32-21)28-14-12-27(13-15-28)20-5-2-1-3-6-20/h1-11,16H,12-15,17H2. The maximum absolute atomic E-state index is 13.5. The van der Waals surface area contributed by atoms with Crippen LogP contribution in [0.2, 0.25) is 5.02 Å². The molecule has 32 heavy (non-hydrogen) atoms. The first-order chi connectivity index (χ1) is 15.6.